The summed E-state index contributed by atoms with van der Waals surface area (Å²) in [5, 5.41) is 3.06. The number of rotatable bonds is 3. The van der Waals surface area contributed by atoms with Crippen molar-refractivity contribution in [3.8, 4) is 0 Å². The Kier molecular flexibility index (Phi) is 4.00. The van der Waals surface area contributed by atoms with Crippen molar-refractivity contribution < 1.29 is 4.74 Å². The smallest absolute Gasteiger partial charge is 0.165 e. The van der Waals surface area contributed by atoms with Crippen molar-refractivity contribution in [3.63, 3.8) is 0 Å². The van der Waals surface area contributed by atoms with Gasteiger partial charge in [0.05, 0.1) is 5.60 Å². The number of hydrogen-bond acceptors (Lipinski definition) is 3. The molecule has 0 radical (unpaired) electrons. The molecule has 0 aromatic carbocycles. The van der Waals surface area contributed by atoms with Gasteiger partial charge in [-0.1, -0.05) is 0 Å². The topological polar surface area (TPSA) is 24.5 Å². The molecule has 0 aliphatic heterocycles. The average molecular weight is 160 g/mol. The third-order valence-electron chi connectivity index (χ3n) is 1.18. The van der Waals surface area contributed by atoms with Gasteiger partial charge in [-0.05, 0) is 41.9 Å². The number of nitrogens with one attached hydrogen (secondary N) is 1. The lowest BCUT2D eigenvalue weighted by Gasteiger charge is -2.31. The average Bonchev–Trinajstić information content (AvgIpc) is 1.80. The van der Waals surface area contributed by atoms with E-state index in [1.54, 1.807) is 0 Å². The van der Waals surface area contributed by atoms with Crippen LogP contribution in [0.4, 0.5) is 0 Å². The molecular formula is C8H20N2O. The summed E-state index contributed by atoms with van der Waals surface area (Å²) in [5.41, 5.74) is -0.0993. The first-order valence-electron chi connectivity index (χ1n) is 3.88. The van der Waals surface area contributed by atoms with Crippen LogP contribution in [0.15, 0.2) is 0 Å². The Balaban J connectivity index is 3.88. The molecule has 0 rings (SSSR count). The van der Waals surface area contributed by atoms with Crippen molar-refractivity contribution in [3.05, 3.63) is 0 Å². The summed E-state index contributed by atoms with van der Waals surface area (Å²) in [5.74, 6) is 0. The van der Waals surface area contributed by atoms with Crippen LogP contribution < -0.4 is 5.32 Å². The highest BCUT2D eigenvalue weighted by Gasteiger charge is 2.18. The molecule has 1 unspecified atom stereocenters. The van der Waals surface area contributed by atoms with E-state index in [-0.39, 0.29) is 12.0 Å². The first kappa shape index (κ1) is 10.9. The summed E-state index contributed by atoms with van der Waals surface area (Å²) in [7, 11) is 5.84. The monoisotopic (exact) mass is 160 g/mol. The minimum Gasteiger partial charge on any atom is -0.344 e. The third kappa shape index (κ3) is 5.18. The third-order valence-corrected chi connectivity index (χ3v) is 1.18. The molecular weight excluding hydrogens is 140 g/mol. The van der Waals surface area contributed by atoms with E-state index in [4.69, 9.17) is 4.74 Å². The molecule has 0 amide bonds. The van der Waals surface area contributed by atoms with E-state index in [0.717, 1.165) is 0 Å². The van der Waals surface area contributed by atoms with Gasteiger partial charge in [0.2, 0.25) is 0 Å². The van der Waals surface area contributed by atoms with Gasteiger partial charge in [0.1, 0.15) is 0 Å². The molecule has 0 saturated heterocycles. The molecule has 1 atom stereocenters. The van der Waals surface area contributed by atoms with Crippen LogP contribution in [0, 0.1) is 0 Å². The Labute approximate surface area is 69.7 Å². The molecule has 0 aromatic rings. The minimum absolute atomic E-state index is 0.00463. The van der Waals surface area contributed by atoms with Crippen LogP contribution in [0.1, 0.15) is 20.8 Å². The van der Waals surface area contributed by atoms with Gasteiger partial charge < -0.3 is 4.74 Å². The lowest BCUT2D eigenvalue weighted by atomic mass is 10.2. The molecule has 0 saturated carbocycles. The Morgan fingerprint density at radius 2 is 1.73 bits per heavy atom. The molecule has 11 heavy (non-hydrogen) atoms. The van der Waals surface area contributed by atoms with Crippen LogP contribution in [-0.2, 0) is 4.74 Å². The zero-order valence-corrected chi connectivity index (χ0v) is 8.43. The van der Waals surface area contributed by atoms with E-state index in [2.05, 4.69) is 5.32 Å². The van der Waals surface area contributed by atoms with Crippen LogP contribution in [-0.4, -0.2) is 38.0 Å². The fourth-order valence-corrected chi connectivity index (χ4v) is 0.757. The zero-order valence-electron chi connectivity index (χ0n) is 8.43. The molecule has 0 aliphatic rings. The molecule has 3 nitrogen and oxygen atoms in total. The van der Waals surface area contributed by atoms with Gasteiger partial charge in [0.25, 0.3) is 0 Å². The van der Waals surface area contributed by atoms with Crippen molar-refractivity contribution in [2.24, 2.45) is 0 Å². The van der Waals surface area contributed by atoms with Crippen LogP contribution in [0.3, 0.4) is 0 Å². The Morgan fingerprint density at radius 1 is 1.27 bits per heavy atom. The van der Waals surface area contributed by atoms with Gasteiger partial charge in [-0.25, -0.2) is 0 Å². The normalized spacial score (nSPS) is 15.5. The van der Waals surface area contributed by atoms with Gasteiger partial charge in [0, 0.05) is 0 Å². The van der Waals surface area contributed by atoms with E-state index in [0.29, 0.717) is 0 Å². The lowest BCUT2D eigenvalue weighted by molar-refractivity contribution is -0.131. The molecule has 0 spiro atoms. The van der Waals surface area contributed by atoms with Gasteiger partial charge in [0.15, 0.2) is 6.35 Å². The second-order valence-corrected chi connectivity index (χ2v) is 3.83. The maximum absolute atomic E-state index is 5.66. The minimum atomic E-state index is -0.0993. The maximum Gasteiger partial charge on any atom is 0.165 e. The van der Waals surface area contributed by atoms with E-state index in [1.807, 2.05) is 46.8 Å². The second kappa shape index (κ2) is 4.04. The van der Waals surface area contributed by atoms with E-state index >= 15 is 0 Å². The molecule has 0 aromatic heterocycles. The highest BCUT2D eigenvalue weighted by atomic mass is 16.5. The SMILES string of the molecule is CNC(OC(C)(C)C)N(C)C. The fourth-order valence-electron chi connectivity index (χ4n) is 0.757. The summed E-state index contributed by atoms with van der Waals surface area (Å²) in [4.78, 5) is 1.99. The molecule has 1 N–H and O–H groups in total. The highest BCUT2D eigenvalue weighted by Crippen LogP contribution is 2.09. The van der Waals surface area contributed by atoms with E-state index in [1.165, 1.54) is 0 Å². The molecule has 0 fully saturated rings. The van der Waals surface area contributed by atoms with E-state index < -0.39 is 0 Å². The predicted molar refractivity (Wildman–Crippen MR) is 47.4 cm³/mol. The fraction of sp³-hybridized carbons (Fsp3) is 1.00. The van der Waals surface area contributed by atoms with E-state index in [9.17, 15) is 0 Å². The van der Waals surface area contributed by atoms with Gasteiger partial charge in [-0.3, -0.25) is 10.2 Å². The predicted octanol–water partition coefficient (Wildman–Crippen LogP) is 0.866. The van der Waals surface area contributed by atoms with Crippen LogP contribution in [0.25, 0.3) is 0 Å². The summed E-state index contributed by atoms with van der Waals surface area (Å²) in [6, 6.07) is 0. The van der Waals surface area contributed by atoms with Crippen molar-refractivity contribution in [2.45, 2.75) is 32.7 Å². The summed E-state index contributed by atoms with van der Waals surface area (Å²) < 4.78 is 5.66. The van der Waals surface area contributed by atoms with Crippen molar-refractivity contribution in [1.82, 2.24) is 10.2 Å². The maximum atomic E-state index is 5.66. The van der Waals surface area contributed by atoms with Crippen molar-refractivity contribution in [1.29, 1.82) is 0 Å². The summed E-state index contributed by atoms with van der Waals surface area (Å²) in [6.07, 6.45) is -0.00463. The molecule has 0 heterocycles. The van der Waals surface area contributed by atoms with Crippen LogP contribution in [0.5, 0.6) is 0 Å². The largest absolute Gasteiger partial charge is 0.344 e. The van der Waals surface area contributed by atoms with Gasteiger partial charge in [-0.15, -0.1) is 0 Å². The first-order chi connectivity index (χ1) is 4.87. The van der Waals surface area contributed by atoms with Crippen molar-refractivity contribution >= 4 is 0 Å². The van der Waals surface area contributed by atoms with Crippen LogP contribution in [0.2, 0.25) is 0 Å². The molecule has 0 aliphatic carbocycles. The molecule has 0 bridgehead atoms. The first-order valence-corrected chi connectivity index (χ1v) is 3.88. The number of ether oxygens (including phenoxy) is 1. The van der Waals surface area contributed by atoms with Gasteiger partial charge >= 0.3 is 0 Å². The Morgan fingerprint density at radius 3 is 1.82 bits per heavy atom. The quantitative estimate of drug-likeness (QED) is 0.620. The van der Waals surface area contributed by atoms with Crippen LogP contribution >= 0.6 is 0 Å². The standard InChI is InChI=1S/C8H20N2O/c1-8(2,3)11-7(9-4)10(5)6/h7,9H,1-6H3. The Hall–Kier alpha value is -0.120. The number of hydrogen-bond donors (Lipinski definition) is 1. The van der Waals surface area contributed by atoms with Crippen molar-refractivity contribution in [2.75, 3.05) is 21.1 Å². The highest BCUT2D eigenvalue weighted by molar-refractivity contribution is 4.61. The van der Waals surface area contributed by atoms with Gasteiger partial charge in [-0.2, -0.15) is 0 Å². The number of nitrogens with zero attached hydrogens (tertiary/aromatic N) is 1. The summed E-state index contributed by atoms with van der Waals surface area (Å²) in [6.45, 7) is 6.13. The molecule has 3 heteroatoms. The molecule has 68 valence electrons. The lowest BCUT2D eigenvalue weighted by Crippen LogP contribution is -2.45. The Bertz CT molecular complexity index is 107. The second-order valence-electron chi connectivity index (χ2n) is 3.83. The summed E-state index contributed by atoms with van der Waals surface area (Å²) >= 11 is 0. The zero-order chi connectivity index (χ0) is 9.07.